The average Bonchev–Trinajstić information content (AvgIpc) is 2.14. The molecule has 0 saturated carbocycles. The number of rotatable bonds is 4. The monoisotopic (exact) mass is 200 g/mol. The third-order valence-electron chi connectivity index (χ3n) is 1.82. The molecule has 0 aliphatic heterocycles. The van der Waals surface area contributed by atoms with Gasteiger partial charge in [-0.1, -0.05) is 23.7 Å². The standard InChI is InChI=1S/C10H13ClO2/c1-12-10(13-2)7-8-4-3-5-9(11)6-8/h3-6,10H,7H2,1-2H3. The van der Waals surface area contributed by atoms with Gasteiger partial charge in [0.15, 0.2) is 6.29 Å². The maximum absolute atomic E-state index is 5.83. The summed E-state index contributed by atoms with van der Waals surface area (Å²) in [7, 11) is 3.25. The van der Waals surface area contributed by atoms with Gasteiger partial charge in [-0.05, 0) is 17.7 Å². The topological polar surface area (TPSA) is 18.5 Å². The van der Waals surface area contributed by atoms with Crippen LogP contribution < -0.4 is 0 Å². The molecule has 1 rings (SSSR count). The van der Waals surface area contributed by atoms with Crippen LogP contribution in [0.3, 0.4) is 0 Å². The molecule has 13 heavy (non-hydrogen) atoms. The maximum atomic E-state index is 5.83. The summed E-state index contributed by atoms with van der Waals surface area (Å²) >= 11 is 5.83. The molecule has 0 amide bonds. The van der Waals surface area contributed by atoms with Gasteiger partial charge in [0.2, 0.25) is 0 Å². The number of hydrogen-bond acceptors (Lipinski definition) is 2. The highest BCUT2D eigenvalue weighted by molar-refractivity contribution is 6.30. The molecule has 0 aliphatic rings. The highest BCUT2D eigenvalue weighted by Crippen LogP contribution is 2.13. The molecule has 3 heteroatoms. The molecule has 1 aromatic rings. The number of halogens is 1. The van der Waals surface area contributed by atoms with Crippen molar-refractivity contribution < 1.29 is 9.47 Å². The summed E-state index contributed by atoms with van der Waals surface area (Å²) < 4.78 is 10.2. The second kappa shape index (κ2) is 5.22. The van der Waals surface area contributed by atoms with E-state index in [-0.39, 0.29) is 6.29 Å². The molecule has 0 spiro atoms. The van der Waals surface area contributed by atoms with Crippen molar-refractivity contribution in [3.05, 3.63) is 34.9 Å². The molecule has 0 N–H and O–H groups in total. The Kier molecular flexibility index (Phi) is 4.22. The summed E-state index contributed by atoms with van der Waals surface area (Å²) in [6, 6.07) is 7.67. The van der Waals surface area contributed by atoms with Crippen molar-refractivity contribution in [1.29, 1.82) is 0 Å². The quantitative estimate of drug-likeness (QED) is 0.696. The van der Waals surface area contributed by atoms with Crippen molar-refractivity contribution in [2.45, 2.75) is 12.7 Å². The molecule has 0 radical (unpaired) electrons. The van der Waals surface area contributed by atoms with E-state index in [2.05, 4.69) is 0 Å². The van der Waals surface area contributed by atoms with Crippen molar-refractivity contribution in [1.82, 2.24) is 0 Å². The summed E-state index contributed by atoms with van der Waals surface area (Å²) in [6.45, 7) is 0. The molecule has 1 aromatic carbocycles. The molecule has 0 aliphatic carbocycles. The Bertz CT molecular complexity index is 259. The number of ether oxygens (including phenoxy) is 2. The summed E-state index contributed by atoms with van der Waals surface area (Å²) in [6.07, 6.45) is 0.520. The van der Waals surface area contributed by atoms with Gasteiger partial charge in [0.25, 0.3) is 0 Å². The smallest absolute Gasteiger partial charge is 0.160 e. The van der Waals surface area contributed by atoms with E-state index in [0.29, 0.717) is 6.42 Å². The van der Waals surface area contributed by atoms with E-state index in [9.17, 15) is 0 Å². The second-order valence-corrected chi connectivity index (χ2v) is 3.17. The average molecular weight is 201 g/mol. The van der Waals surface area contributed by atoms with Crippen molar-refractivity contribution in [2.24, 2.45) is 0 Å². The van der Waals surface area contributed by atoms with Gasteiger partial charge in [-0.3, -0.25) is 0 Å². The Morgan fingerprint density at radius 3 is 2.54 bits per heavy atom. The summed E-state index contributed by atoms with van der Waals surface area (Å²) in [5.74, 6) is 0. The van der Waals surface area contributed by atoms with Gasteiger partial charge in [0.1, 0.15) is 0 Å². The van der Waals surface area contributed by atoms with Gasteiger partial charge in [0.05, 0.1) is 0 Å². The molecular weight excluding hydrogens is 188 g/mol. The molecule has 72 valence electrons. The third-order valence-corrected chi connectivity index (χ3v) is 2.05. The minimum Gasteiger partial charge on any atom is -0.356 e. The zero-order chi connectivity index (χ0) is 9.68. The zero-order valence-electron chi connectivity index (χ0n) is 7.79. The van der Waals surface area contributed by atoms with E-state index in [0.717, 1.165) is 10.6 Å². The van der Waals surface area contributed by atoms with Gasteiger partial charge in [-0.25, -0.2) is 0 Å². The first-order valence-electron chi connectivity index (χ1n) is 4.06. The van der Waals surface area contributed by atoms with Gasteiger partial charge in [-0.15, -0.1) is 0 Å². The van der Waals surface area contributed by atoms with Gasteiger partial charge < -0.3 is 9.47 Å². The van der Waals surface area contributed by atoms with E-state index in [4.69, 9.17) is 21.1 Å². The van der Waals surface area contributed by atoms with Crippen LogP contribution in [-0.2, 0) is 15.9 Å². The van der Waals surface area contributed by atoms with Crippen molar-refractivity contribution in [3.63, 3.8) is 0 Å². The largest absolute Gasteiger partial charge is 0.356 e. The Morgan fingerprint density at radius 2 is 2.00 bits per heavy atom. The molecule has 0 fully saturated rings. The molecule has 0 saturated heterocycles. The van der Waals surface area contributed by atoms with Gasteiger partial charge in [-0.2, -0.15) is 0 Å². The van der Waals surface area contributed by atoms with E-state index >= 15 is 0 Å². The first kappa shape index (κ1) is 10.5. The van der Waals surface area contributed by atoms with E-state index in [1.807, 2.05) is 24.3 Å². The maximum Gasteiger partial charge on any atom is 0.160 e. The first-order valence-corrected chi connectivity index (χ1v) is 4.44. The normalized spacial score (nSPS) is 10.8. The van der Waals surface area contributed by atoms with Crippen LogP contribution in [0.5, 0.6) is 0 Å². The Hall–Kier alpha value is -0.570. The van der Waals surface area contributed by atoms with Crippen molar-refractivity contribution in [2.75, 3.05) is 14.2 Å². The summed E-state index contributed by atoms with van der Waals surface area (Å²) in [5, 5.41) is 0.739. The SMILES string of the molecule is COC(Cc1cccc(Cl)c1)OC. The van der Waals surface area contributed by atoms with Crippen LogP contribution >= 0.6 is 11.6 Å². The highest BCUT2D eigenvalue weighted by atomic mass is 35.5. The summed E-state index contributed by atoms with van der Waals surface area (Å²) in [4.78, 5) is 0. The lowest BCUT2D eigenvalue weighted by Gasteiger charge is -2.12. The molecule has 0 atom stereocenters. The van der Waals surface area contributed by atoms with Crippen LogP contribution in [0.1, 0.15) is 5.56 Å². The third kappa shape index (κ3) is 3.35. The molecule has 0 heterocycles. The Balaban J connectivity index is 2.62. The molecule has 2 nitrogen and oxygen atoms in total. The predicted octanol–water partition coefficient (Wildman–Crippen LogP) is 2.50. The van der Waals surface area contributed by atoms with Crippen LogP contribution in [0.25, 0.3) is 0 Å². The fourth-order valence-corrected chi connectivity index (χ4v) is 1.33. The Morgan fingerprint density at radius 1 is 1.31 bits per heavy atom. The lowest BCUT2D eigenvalue weighted by molar-refractivity contribution is -0.100. The van der Waals surface area contributed by atoms with Gasteiger partial charge >= 0.3 is 0 Å². The lowest BCUT2D eigenvalue weighted by atomic mass is 10.1. The van der Waals surface area contributed by atoms with Crippen molar-refractivity contribution in [3.8, 4) is 0 Å². The zero-order valence-corrected chi connectivity index (χ0v) is 8.54. The number of benzene rings is 1. The fraction of sp³-hybridized carbons (Fsp3) is 0.400. The second-order valence-electron chi connectivity index (χ2n) is 2.74. The van der Waals surface area contributed by atoms with Crippen LogP contribution in [0.4, 0.5) is 0 Å². The van der Waals surface area contributed by atoms with E-state index in [1.54, 1.807) is 14.2 Å². The van der Waals surface area contributed by atoms with Crippen molar-refractivity contribution >= 4 is 11.6 Å². The number of hydrogen-bond donors (Lipinski definition) is 0. The van der Waals surface area contributed by atoms with Crippen LogP contribution in [0.15, 0.2) is 24.3 Å². The summed E-state index contributed by atoms with van der Waals surface area (Å²) in [5.41, 5.74) is 1.11. The first-order chi connectivity index (χ1) is 6.26. The van der Waals surface area contributed by atoms with Gasteiger partial charge in [0, 0.05) is 25.7 Å². The van der Waals surface area contributed by atoms with Crippen LogP contribution in [0.2, 0.25) is 5.02 Å². The lowest BCUT2D eigenvalue weighted by Crippen LogP contribution is -2.15. The minimum absolute atomic E-state index is 0.196. The predicted molar refractivity (Wildman–Crippen MR) is 53.0 cm³/mol. The minimum atomic E-state index is -0.196. The molecular formula is C10H13ClO2. The molecule has 0 aromatic heterocycles. The molecule has 0 bridgehead atoms. The van der Waals surface area contributed by atoms with Crippen LogP contribution in [-0.4, -0.2) is 20.5 Å². The Labute approximate surface area is 83.4 Å². The van der Waals surface area contributed by atoms with E-state index < -0.39 is 0 Å². The van der Waals surface area contributed by atoms with Crippen LogP contribution in [0, 0.1) is 0 Å². The van der Waals surface area contributed by atoms with E-state index in [1.165, 1.54) is 0 Å². The highest BCUT2D eigenvalue weighted by Gasteiger charge is 2.05. The number of methoxy groups -OCH3 is 2. The molecule has 0 unspecified atom stereocenters. The fourth-order valence-electron chi connectivity index (χ4n) is 1.12.